The van der Waals surface area contributed by atoms with Crippen LogP contribution in [0.2, 0.25) is 0 Å². The van der Waals surface area contributed by atoms with Gasteiger partial charge in [-0.25, -0.2) is 9.78 Å². The average molecular weight is 307 g/mol. The molecule has 21 heavy (non-hydrogen) atoms. The zero-order valence-electron chi connectivity index (χ0n) is 11.8. The van der Waals surface area contributed by atoms with Gasteiger partial charge in [-0.2, -0.15) is 5.26 Å². The van der Waals surface area contributed by atoms with Crippen molar-refractivity contribution in [3.8, 4) is 6.07 Å². The summed E-state index contributed by atoms with van der Waals surface area (Å²) in [4.78, 5) is 39.5. The number of aromatic nitrogens is 4. The lowest BCUT2D eigenvalue weighted by Crippen LogP contribution is -2.37. The lowest BCUT2D eigenvalue weighted by atomic mass is 10.5. The van der Waals surface area contributed by atoms with Gasteiger partial charge in [-0.3, -0.25) is 23.3 Å². The van der Waals surface area contributed by atoms with E-state index in [9.17, 15) is 14.4 Å². The highest BCUT2D eigenvalue weighted by Gasteiger charge is 2.19. The molecule has 0 aromatic carbocycles. The highest BCUT2D eigenvalue weighted by atomic mass is 32.2. The Morgan fingerprint density at radius 3 is 2.57 bits per heavy atom. The van der Waals surface area contributed by atoms with Gasteiger partial charge in [0.1, 0.15) is 12.3 Å². The SMILES string of the molecule is CC(=O)CSc1nc2c(c(=O)n(C)c(=O)n2C)n1CC#N. The van der Waals surface area contributed by atoms with Crippen LogP contribution in [0.3, 0.4) is 0 Å². The lowest BCUT2D eigenvalue weighted by molar-refractivity contribution is -0.114. The number of carbonyl (C=O) groups is 1. The van der Waals surface area contributed by atoms with Crippen molar-refractivity contribution >= 4 is 28.7 Å². The zero-order chi connectivity index (χ0) is 15.7. The Kier molecular flexibility index (Phi) is 3.99. The summed E-state index contributed by atoms with van der Waals surface area (Å²) in [6.07, 6.45) is 0. The van der Waals surface area contributed by atoms with Crippen LogP contribution in [-0.4, -0.2) is 30.2 Å². The van der Waals surface area contributed by atoms with Gasteiger partial charge in [-0.15, -0.1) is 0 Å². The van der Waals surface area contributed by atoms with Gasteiger partial charge in [-0.05, 0) is 6.92 Å². The van der Waals surface area contributed by atoms with Crippen molar-refractivity contribution in [1.29, 1.82) is 5.26 Å². The van der Waals surface area contributed by atoms with E-state index in [2.05, 4.69) is 4.98 Å². The molecule has 8 nitrogen and oxygen atoms in total. The molecular formula is C12H13N5O3S. The van der Waals surface area contributed by atoms with E-state index in [4.69, 9.17) is 5.26 Å². The normalized spacial score (nSPS) is 10.8. The van der Waals surface area contributed by atoms with Crippen LogP contribution in [0, 0.1) is 11.3 Å². The third kappa shape index (κ3) is 2.50. The Balaban J connectivity index is 2.80. The number of aryl methyl sites for hydroxylation is 1. The number of fused-ring (bicyclic) bond motifs is 1. The second-order valence-electron chi connectivity index (χ2n) is 4.51. The summed E-state index contributed by atoms with van der Waals surface area (Å²) >= 11 is 1.14. The highest BCUT2D eigenvalue weighted by Crippen LogP contribution is 2.21. The van der Waals surface area contributed by atoms with Crippen molar-refractivity contribution in [3.63, 3.8) is 0 Å². The average Bonchev–Trinajstić information content (AvgIpc) is 2.80. The summed E-state index contributed by atoms with van der Waals surface area (Å²) < 4.78 is 3.66. The number of carbonyl (C=O) groups excluding carboxylic acids is 1. The van der Waals surface area contributed by atoms with Crippen molar-refractivity contribution in [2.24, 2.45) is 14.1 Å². The summed E-state index contributed by atoms with van der Waals surface area (Å²) in [5.41, 5.74) is -0.598. The maximum atomic E-state index is 12.3. The van der Waals surface area contributed by atoms with Gasteiger partial charge in [0, 0.05) is 14.1 Å². The molecular weight excluding hydrogens is 294 g/mol. The second kappa shape index (κ2) is 5.57. The topological polar surface area (TPSA) is 103 Å². The Hall–Kier alpha value is -2.34. The summed E-state index contributed by atoms with van der Waals surface area (Å²) in [6.45, 7) is 1.36. The predicted octanol–water partition coefficient (Wildman–Crippen LogP) is -0.362. The van der Waals surface area contributed by atoms with Crippen LogP contribution < -0.4 is 11.2 Å². The molecule has 0 N–H and O–H groups in total. The summed E-state index contributed by atoms with van der Waals surface area (Å²) in [6, 6.07) is 1.96. The monoisotopic (exact) mass is 307 g/mol. The molecule has 0 atom stereocenters. The molecule has 0 aliphatic rings. The second-order valence-corrected chi connectivity index (χ2v) is 5.45. The molecule has 0 radical (unpaired) electrons. The fourth-order valence-electron chi connectivity index (χ4n) is 1.92. The quantitative estimate of drug-likeness (QED) is 0.715. The van der Waals surface area contributed by atoms with Gasteiger partial charge in [0.25, 0.3) is 5.56 Å². The number of hydrogen-bond donors (Lipinski definition) is 0. The minimum atomic E-state index is -0.509. The van der Waals surface area contributed by atoms with E-state index in [1.54, 1.807) is 0 Å². The number of Topliss-reactive ketones (excluding diaryl/α,β-unsaturated/α-hetero) is 1. The standard InChI is InChI=1S/C12H13N5O3S/c1-7(18)6-21-11-14-9-8(17(11)5-4-13)10(19)16(3)12(20)15(9)2/h5-6H2,1-3H3. The number of rotatable bonds is 4. The number of imidazole rings is 1. The van der Waals surface area contributed by atoms with Gasteiger partial charge >= 0.3 is 5.69 Å². The smallest absolute Gasteiger partial charge is 0.299 e. The van der Waals surface area contributed by atoms with Crippen LogP contribution in [0.4, 0.5) is 0 Å². The lowest BCUT2D eigenvalue weighted by Gasteiger charge is -2.04. The molecule has 0 bridgehead atoms. The molecule has 0 spiro atoms. The Bertz CT molecular complexity index is 883. The molecule has 0 aliphatic carbocycles. The van der Waals surface area contributed by atoms with Crippen LogP contribution in [0.15, 0.2) is 14.7 Å². The molecule has 2 aromatic heterocycles. The first-order chi connectivity index (χ1) is 9.88. The molecule has 0 amide bonds. The van der Waals surface area contributed by atoms with Crippen molar-refractivity contribution in [3.05, 3.63) is 20.8 Å². The first-order valence-corrected chi connectivity index (χ1v) is 7.02. The largest absolute Gasteiger partial charge is 0.332 e. The van der Waals surface area contributed by atoms with Gasteiger partial charge in [-0.1, -0.05) is 11.8 Å². The number of thioether (sulfide) groups is 1. The van der Waals surface area contributed by atoms with E-state index in [-0.39, 0.29) is 29.2 Å². The van der Waals surface area contributed by atoms with Gasteiger partial charge in [0.2, 0.25) is 0 Å². The number of nitriles is 1. The molecule has 9 heteroatoms. The van der Waals surface area contributed by atoms with Crippen molar-refractivity contribution in [2.45, 2.75) is 18.6 Å². The predicted molar refractivity (Wildman–Crippen MR) is 77.2 cm³/mol. The minimum absolute atomic E-state index is 0.0441. The fourth-order valence-corrected chi connectivity index (χ4v) is 2.72. The van der Waals surface area contributed by atoms with Crippen LogP contribution in [0.25, 0.3) is 11.2 Å². The Labute approximate surface area is 123 Å². The molecule has 2 heterocycles. The molecule has 0 unspecified atom stereocenters. The van der Waals surface area contributed by atoms with E-state index in [1.807, 2.05) is 6.07 Å². The molecule has 0 aliphatic heterocycles. The molecule has 2 rings (SSSR count). The van der Waals surface area contributed by atoms with E-state index in [0.29, 0.717) is 5.16 Å². The van der Waals surface area contributed by atoms with Crippen LogP contribution >= 0.6 is 11.8 Å². The third-order valence-corrected chi connectivity index (χ3v) is 4.07. The van der Waals surface area contributed by atoms with Crippen LogP contribution in [0.1, 0.15) is 6.92 Å². The van der Waals surface area contributed by atoms with Gasteiger partial charge < -0.3 is 0 Å². The maximum absolute atomic E-state index is 12.3. The number of ketones is 1. The fraction of sp³-hybridized carbons (Fsp3) is 0.417. The van der Waals surface area contributed by atoms with Crippen molar-refractivity contribution < 1.29 is 4.79 Å². The summed E-state index contributed by atoms with van der Waals surface area (Å²) in [5.74, 6) is 0.139. The molecule has 0 saturated carbocycles. The molecule has 0 saturated heterocycles. The third-order valence-electron chi connectivity index (χ3n) is 2.95. The van der Waals surface area contributed by atoms with E-state index < -0.39 is 11.2 Å². The first kappa shape index (κ1) is 15.1. The molecule has 2 aromatic rings. The Morgan fingerprint density at radius 2 is 2.00 bits per heavy atom. The maximum Gasteiger partial charge on any atom is 0.332 e. The summed E-state index contributed by atoms with van der Waals surface area (Å²) in [5, 5.41) is 9.31. The Morgan fingerprint density at radius 1 is 1.33 bits per heavy atom. The van der Waals surface area contributed by atoms with Crippen LogP contribution in [0.5, 0.6) is 0 Å². The van der Waals surface area contributed by atoms with Crippen molar-refractivity contribution in [2.75, 3.05) is 5.75 Å². The highest BCUT2D eigenvalue weighted by molar-refractivity contribution is 7.99. The van der Waals surface area contributed by atoms with Gasteiger partial charge in [0.15, 0.2) is 16.3 Å². The molecule has 0 fully saturated rings. The van der Waals surface area contributed by atoms with E-state index in [0.717, 1.165) is 16.3 Å². The van der Waals surface area contributed by atoms with Gasteiger partial charge in [0.05, 0.1) is 11.8 Å². The number of hydrogen-bond acceptors (Lipinski definition) is 6. The minimum Gasteiger partial charge on any atom is -0.299 e. The summed E-state index contributed by atoms with van der Waals surface area (Å²) in [7, 11) is 2.88. The molecule has 110 valence electrons. The first-order valence-electron chi connectivity index (χ1n) is 6.04. The van der Waals surface area contributed by atoms with Crippen molar-refractivity contribution in [1.82, 2.24) is 18.7 Å². The van der Waals surface area contributed by atoms with E-state index >= 15 is 0 Å². The number of nitrogens with zero attached hydrogens (tertiary/aromatic N) is 5. The van der Waals surface area contributed by atoms with Crippen LogP contribution in [-0.2, 0) is 25.4 Å². The zero-order valence-corrected chi connectivity index (χ0v) is 12.6. The van der Waals surface area contributed by atoms with E-state index in [1.165, 1.54) is 30.2 Å².